The molecule has 0 unspecified atom stereocenters. The second-order valence-corrected chi connectivity index (χ2v) is 5.58. The van der Waals surface area contributed by atoms with Gasteiger partial charge in [-0.25, -0.2) is 4.39 Å². The third-order valence-corrected chi connectivity index (χ3v) is 4.10. The maximum atomic E-state index is 13.1. The van der Waals surface area contributed by atoms with Crippen LogP contribution in [0.1, 0.15) is 11.8 Å². The summed E-state index contributed by atoms with van der Waals surface area (Å²) in [7, 11) is 0. The second kappa shape index (κ2) is 5.89. The van der Waals surface area contributed by atoms with E-state index in [1.807, 2.05) is 35.2 Å². The van der Waals surface area contributed by atoms with Crippen molar-refractivity contribution in [3.63, 3.8) is 0 Å². The molecule has 1 fully saturated rings. The lowest BCUT2D eigenvalue weighted by atomic mass is 10.2. The van der Waals surface area contributed by atoms with Gasteiger partial charge < -0.3 is 14.2 Å². The molecule has 1 aliphatic rings. The van der Waals surface area contributed by atoms with Crippen LogP contribution in [0.5, 0.6) is 0 Å². The standard InChI is InChI=1S/C19H17FN2O/c20-16-6-8-17(9-7-16)21-11-10-15(14-21)19-22(12-13-23-19)18-4-2-1-3-5-18/h1-11,14,19H,12-13H2/t19-/m1/s1. The first-order valence-corrected chi connectivity index (χ1v) is 7.68. The molecule has 2 aromatic carbocycles. The van der Waals surface area contributed by atoms with Gasteiger partial charge in [0.2, 0.25) is 0 Å². The SMILES string of the molecule is Fc1ccc(-n2ccc([C@H]3OCCN3c3ccccc3)c2)cc1. The first kappa shape index (κ1) is 14.0. The van der Waals surface area contributed by atoms with E-state index in [9.17, 15) is 4.39 Å². The van der Waals surface area contributed by atoms with Crippen molar-refractivity contribution in [1.29, 1.82) is 0 Å². The number of benzene rings is 2. The van der Waals surface area contributed by atoms with E-state index in [1.54, 1.807) is 12.1 Å². The number of para-hydroxylation sites is 1. The molecule has 0 amide bonds. The minimum absolute atomic E-state index is 0.0842. The molecule has 1 atom stereocenters. The minimum Gasteiger partial charge on any atom is -0.352 e. The molecular formula is C19H17FN2O. The van der Waals surface area contributed by atoms with Crippen LogP contribution in [0.4, 0.5) is 10.1 Å². The van der Waals surface area contributed by atoms with Crippen molar-refractivity contribution in [3.8, 4) is 5.69 Å². The summed E-state index contributed by atoms with van der Waals surface area (Å²) in [5.74, 6) is -0.226. The van der Waals surface area contributed by atoms with E-state index in [0.717, 1.165) is 23.5 Å². The van der Waals surface area contributed by atoms with E-state index in [1.165, 1.54) is 12.1 Å². The van der Waals surface area contributed by atoms with Gasteiger partial charge in [-0.3, -0.25) is 0 Å². The quantitative estimate of drug-likeness (QED) is 0.723. The van der Waals surface area contributed by atoms with Crippen molar-refractivity contribution in [2.75, 3.05) is 18.1 Å². The van der Waals surface area contributed by atoms with Gasteiger partial charge in [-0.15, -0.1) is 0 Å². The summed E-state index contributed by atoms with van der Waals surface area (Å²) < 4.78 is 21.0. The Labute approximate surface area is 134 Å². The van der Waals surface area contributed by atoms with E-state index >= 15 is 0 Å². The van der Waals surface area contributed by atoms with Crippen LogP contribution >= 0.6 is 0 Å². The van der Waals surface area contributed by atoms with Crippen molar-refractivity contribution in [3.05, 3.63) is 84.4 Å². The van der Waals surface area contributed by atoms with Gasteiger partial charge in [0.1, 0.15) is 5.82 Å². The molecule has 0 aliphatic carbocycles. The number of hydrogen-bond donors (Lipinski definition) is 0. The molecule has 1 saturated heterocycles. The fourth-order valence-electron chi connectivity index (χ4n) is 2.96. The molecule has 116 valence electrons. The first-order valence-electron chi connectivity index (χ1n) is 7.68. The van der Waals surface area contributed by atoms with E-state index in [-0.39, 0.29) is 12.0 Å². The zero-order valence-corrected chi connectivity index (χ0v) is 12.6. The summed E-state index contributed by atoms with van der Waals surface area (Å²) in [4.78, 5) is 2.25. The smallest absolute Gasteiger partial charge is 0.158 e. The summed E-state index contributed by atoms with van der Waals surface area (Å²) >= 11 is 0. The fourth-order valence-corrected chi connectivity index (χ4v) is 2.96. The predicted molar refractivity (Wildman–Crippen MR) is 88.2 cm³/mol. The highest BCUT2D eigenvalue weighted by Gasteiger charge is 2.27. The van der Waals surface area contributed by atoms with Crippen molar-refractivity contribution in [2.24, 2.45) is 0 Å². The number of rotatable bonds is 3. The highest BCUT2D eigenvalue weighted by atomic mass is 19.1. The molecular weight excluding hydrogens is 291 g/mol. The van der Waals surface area contributed by atoms with Gasteiger partial charge in [-0.1, -0.05) is 18.2 Å². The predicted octanol–water partition coefficient (Wildman–Crippen LogP) is 4.15. The molecule has 0 N–H and O–H groups in total. The normalized spacial score (nSPS) is 17.6. The molecule has 3 nitrogen and oxygen atoms in total. The summed E-state index contributed by atoms with van der Waals surface area (Å²) in [5.41, 5.74) is 3.18. The Morgan fingerprint density at radius 2 is 1.70 bits per heavy atom. The van der Waals surface area contributed by atoms with E-state index < -0.39 is 0 Å². The van der Waals surface area contributed by atoms with Gasteiger partial charge in [0.15, 0.2) is 6.23 Å². The topological polar surface area (TPSA) is 17.4 Å². The van der Waals surface area contributed by atoms with Crippen molar-refractivity contribution in [2.45, 2.75) is 6.23 Å². The van der Waals surface area contributed by atoms with Gasteiger partial charge in [0.05, 0.1) is 6.61 Å². The molecule has 0 spiro atoms. The van der Waals surface area contributed by atoms with Gasteiger partial charge in [0.25, 0.3) is 0 Å². The second-order valence-electron chi connectivity index (χ2n) is 5.58. The Morgan fingerprint density at radius 3 is 2.48 bits per heavy atom. The Balaban J connectivity index is 1.62. The Bertz CT molecular complexity index is 783. The van der Waals surface area contributed by atoms with Crippen LogP contribution in [0.15, 0.2) is 73.1 Å². The number of halogens is 1. The Kier molecular flexibility index (Phi) is 3.60. The van der Waals surface area contributed by atoms with E-state index in [4.69, 9.17) is 4.74 Å². The molecule has 0 bridgehead atoms. The largest absolute Gasteiger partial charge is 0.352 e. The number of aromatic nitrogens is 1. The highest BCUT2D eigenvalue weighted by Crippen LogP contribution is 2.32. The minimum atomic E-state index is -0.226. The van der Waals surface area contributed by atoms with Gasteiger partial charge >= 0.3 is 0 Å². The van der Waals surface area contributed by atoms with E-state index in [2.05, 4.69) is 23.1 Å². The monoisotopic (exact) mass is 308 g/mol. The third-order valence-electron chi connectivity index (χ3n) is 4.10. The highest BCUT2D eigenvalue weighted by molar-refractivity contribution is 5.49. The average Bonchev–Trinajstić information content (AvgIpc) is 3.25. The molecule has 1 aromatic heterocycles. The van der Waals surface area contributed by atoms with Crippen LogP contribution in [-0.2, 0) is 4.74 Å². The number of anilines is 1. The van der Waals surface area contributed by atoms with Crippen LogP contribution in [0, 0.1) is 5.82 Å². The maximum Gasteiger partial charge on any atom is 0.158 e. The molecule has 0 saturated carbocycles. The van der Waals surface area contributed by atoms with Crippen LogP contribution in [-0.4, -0.2) is 17.7 Å². The Hall–Kier alpha value is -2.59. The first-order chi connectivity index (χ1) is 11.3. The van der Waals surface area contributed by atoms with Crippen LogP contribution in [0.25, 0.3) is 5.69 Å². The number of hydrogen-bond acceptors (Lipinski definition) is 2. The zero-order valence-electron chi connectivity index (χ0n) is 12.6. The molecule has 2 heterocycles. The molecule has 4 rings (SSSR count). The lowest BCUT2D eigenvalue weighted by Gasteiger charge is -2.24. The van der Waals surface area contributed by atoms with Gasteiger partial charge in [-0.2, -0.15) is 0 Å². The van der Waals surface area contributed by atoms with Crippen molar-refractivity contribution in [1.82, 2.24) is 4.57 Å². The fraction of sp³-hybridized carbons (Fsp3) is 0.158. The lowest BCUT2D eigenvalue weighted by Crippen LogP contribution is -2.22. The van der Waals surface area contributed by atoms with Crippen molar-refractivity contribution < 1.29 is 9.13 Å². The van der Waals surface area contributed by atoms with Crippen LogP contribution < -0.4 is 4.90 Å². The zero-order chi connectivity index (χ0) is 15.6. The van der Waals surface area contributed by atoms with Crippen molar-refractivity contribution >= 4 is 5.69 Å². The Morgan fingerprint density at radius 1 is 0.913 bits per heavy atom. The molecule has 1 aliphatic heterocycles. The van der Waals surface area contributed by atoms with Gasteiger partial charge in [-0.05, 0) is 42.5 Å². The summed E-state index contributed by atoms with van der Waals surface area (Å²) in [5, 5.41) is 0. The summed E-state index contributed by atoms with van der Waals surface area (Å²) in [6.07, 6.45) is 3.94. The average molecular weight is 308 g/mol. The van der Waals surface area contributed by atoms with Gasteiger partial charge in [0, 0.05) is 35.9 Å². The summed E-state index contributed by atoms with van der Waals surface area (Å²) in [6, 6.07) is 18.8. The molecule has 3 aromatic rings. The van der Waals surface area contributed by atoms with E-state index in [0.29, 0.717) is 6.61 Å². The maximum absolute atomic E-state index is 13.1. The summed E-state index contributed by atoms with van der Waals surface area (Å²) in [6.45, 7) is 1.58. The molecule has 0 radical (unpaired) electrons. The molecule has 23 heavy (non-hydrogen) atoms. The molecule has 4 heteroatoms. The van der Waals surface area contributed by atoms with Crippen LogP contribution in [0.3, 0.4) is 0 Å². The number of nitrogens with zero attached hydrogens (tertiary/aromatic N) is 2. The third kappa shape index (κ3) is 2.73. The van der Waals surface area contributed by atoms with Crippen LogP contribution in [0.2, 0.25) is 0 Å². The lowest BCUT2D eigenvalue weighted by molar-refractivity contribution is 0.114. The number of ether oxygens (including phenoxy) is 1.